The number of ether oxygens (including phenoxy) is 2. The molecule has 0 bridgehead atoms. The van der Waals surface area contributed by atoms with Crippen LogP contribution in [-0.2, 0) is 9.47 Å². The van der Waals surface area contributed by atoms with Gasteiger partial charge in [0.2, 0.25) is 0 Å². The molecule has 0 aliphatic heterocycles. The standard InChI is InChI=1S/C15H29BrO2/c1-5-13-6-8-15(12-16,9-7-13)18-11-10-17-14(2,3)4/h13H,5-12H2,1-4H3. The first-order chi connectivity index (χ1) is 8.41. The van der Waals surface area contributed by atoms with E-state index in [9.17, 15) is 0 Å². The average Bonchev–Trinajstić information content (AvgIpc) is 2.34. The summed E-state index contributed by atoms with van der Waals surface area (Å²) in [5.74, 6) is 0.909. The summed E-state index contributed by atoms with van der Waals surface area (Å²) in [6.45, 7) is 9.94. The molecule has 108 valence electrons. The van der Waals surface area contributed by atoms with Gasteiger partial charge >= 0.3 is 0 Å². The summed E-state index contributed by atoms with van der Waals surface area (Å²) in [7, 11) is 0. The van der Waals surface area contributed by atoms with E-state index in [1.807, 2.05) is 0 Å². The summed E-state index contributed by atoms with van der Waals surface area (Å²) in [5.41, 5.74) is -0.00227. The van der Waals surface area contributed by atoms with Gasteiger partial charge in [-0.3, -0.25) is 0 Å². The zero-order valence-corrected chi connectivity index (χ0v) is 14.0. The highest BCUT2D eigenvalue weighted by molar-refractivity contribution is 9.09. The second-order valence-electron chi connectivity index (χ2n) is 6.48. The Morgan fingerprint density at radius 1 is 1.17 bits per heavy atom. The van der Waals surface area contributed by atoms with Gasteiger partial charge in [0.15, 0.2) is 0 Å². The maximum absolute atomic E-state index is 6.14. The van der Waals surface area contributed by atoms with Crippen molar-refractivity contribution in [3.05, 3.63) is 0 Å². The molecule has 0 radical (unpaired) electrons. The van der Waals surface area contributed by atoms with Crippen LogP contribution < -0.4 is 0 Å². The van der Waals surface area contributed by atoms with Gasteiger partial charge in [0.1, 0.15) is 0 Å². The van der Waals surface area contributed by atoms with Crippen molar-refractivity contribution in [2.75, 3.05) is 18.5 Å². The highest BCUT2D eigenvalue weighted by Gasteiger charge is 2.34. The molecule has 3 heteroatoms. The van der Waals surface area contributed by atoms with Gasteiger partial charge in [0.25, 0.3) is 0 Å². The van der Waals surface area contributed by atoms with Crippen LogP contribution in [0.4, 0.5) is 0 Å². The van der Waals surface area contributed by atoms with Crippen LogP contribution in [0.2, 0.25) is 0 Å². The van der Waals surface area contributed by atoms with E-state index < -0.39 is 0 Å². The predicted molar refractivity (Wildman–Crippen MR) is 80.4 cm³/mol. The molecule has 0 atom stereocenters. The third-order valence-corrected chi connectivity index (χ3v) is 4.89. The van der Waals surface area contributed by atoms with Crippen LogP contribution in [-0.4, -0.2) is 29.7 Å². The Bertz CT molecular complexity index is 227. The second kappa shape index (κ2) is 7.25. The lowest BCUT2D eigenvalue weighted by atomic mass is 9.79. The van der Waals surface area contributed by atoms with E-state index in [0.717, 1.165) is 11.2 Å². The van der Waals surface area contributed by atoms with Crippen LogP contribution in [0.1, 0.15) is 59.8 Å². The molecule has 1 rings (SSSR count). The van der Waals surface area contributed by atoms with Crippen molar-refractivity contribution in [1.29, 1.82) is 0 Å². The van der Waals surface area contributed by atoms with Crippen molar-refractivity contribution < 1.29 is 9.47 Å². The Kier molecular flexibility index (Phi) is 6.63. The topological polar surface area (TPSA) is 18.5 Å². The van der Waals surface area contributed by atoms with Gasteiger partial charge in [-0.2, -0.15) is 0 Å². The van der Waals surface area contributed by atoms with E-state index in [1.54, 1.807) is 0 Å². The van der Waals surface area contributed by atoms with Crippen molar-refractivity contribution in [2.24, 2.45) is 5.92 Å². The molecule has 1 fully saturated rings. The smallest absolute Gasteiger partial charge is 0.0780 e. The Labute approximate surface area is 121 Å². The Morgan fingerprint density at radius 2 is 1.78 bits per heavy atom. The summed E-state index contributed by atoms with van der Waals surface area (Å²) in [6, 6.07) is 0. The molecular formula is C15H29BrO2. The molecule has 0 aromatic rings. The van der Waals surface area contributed by atoms with Gasteiger partial charge in [-0.25, -0.2) is 0 Å². The molecule has 1 aliphatic carbocycles. The third kappa shape index (κ3) is 5.58. The van der Waals surface area contributed by atoms with E-state index in [1.165, 1.54) is 32.1 Å². The minimum atomic E-state index is -0.0647. The molecular weight excluding hydrogens is 292 g/mol. The first-order valence-electron chi connectivity index (χ1n) is 7.25. The average molecular weight is 321 g/mol. The molecule has 2 nitrogen and oxygen atoms in total. The second-order valence-corrected chi connectivity index (χ2v) is 7.04. The lowest BCUT2D eigenvalue weighted by Gasteiger charge is -2.39. The summed E-state index contributed by atoms with van der Waals surface area (Å²) >= 11 is 3.64. The van der Waals surface area contributed by atoms with E-state index in [2.05, 4.69) is 43.6 Å². The van der Waals surface area contributed by atoms with Crippen LogP contribution in [0.15, 0.2) is 0 Å². The third-order valence-electron chi connectivity index (χ3n) is 3.86. The van der Waals surface area contributed by atoms with Gasteiger partial charge in [-0.15, -0.1) is 0 Å². The maximum Gasteiger partial charge on any atom is 0.0780 e. The van der Waals surface area contributed by atoms with Crippen LogP contribution >= 0.6 is 15.9 Å². The molecule has 0 spiro atoms. The predicted octanol–water partition coefficient (Wildman–Crippen LogP) is 4.55. The summed E-state index contributed by atoms with van der Waals surface area (Å²) < 4.78 is 11.8. The van der Waals surface area contributed by atoms with Crippen molar-refractivity contribution in [2.45, 2.75) is 71.0 Å². The fraction of sp³-hybridized carbons (Fsp3) is 1.00. The molecule has 0 heterocycles. The van der Waals surface area contributed by atoms with Crippen molar-refractivity contribution in [3.8, 4) is 0 Å². The van der Waals surface area contributed by atoms with Crippen molar-refractivity contribution >= 4 is 15.9 Å². The first kappa shape index (κ1) is 16.5. The van der Waals surface area contributed by atoms with Crippen molar-refractivity contribution in [3.63, 3.8) is 0 Å². The number of alkyl halides is 1. The Balaban J connectivity index is 2.29. The molecule has 0 aromatic carbocycles. The number of hydrogen-bond donors (Lipinski definition) is 0. The molecule has 1 aliphatic rings. The highest BCUT2D eigenvalue weighted by Crippen LogP contribution is 2.37. The lowest BCUT2D eigenvalue weighted by molar-refractivity contribution is -0.0994. The molecule has 0 saturated heterocycles. The SMILES string of the molecule is CCC1CCC(CBr)(OCCOC(C)(C)C)CC1. The summed E-state index contributed by atoms with van der Waals surface area (Å²) in [4.78, 5) is 0. The van der Waals surface area contributed by atoms with Crippen LogP contribution in [0, 0.1) is 5.92 Å². The number of rotatable bonds is 6. The van der Waals surface area contributed by atoms with Crippen LogP contribution in [0.5, 0.6) is 0 Å². The van der Waals surface area contributed by atoms with E-state index >= 15 is 0 Å². The molecule has 1 saturated carbocycles. The molecule has 0 unspecified atom stereocenters. The largest absolute Gasteiger partial charge is 0.373 e. The Morgan fingerprint density at radius 3 is 2.22 bits per heavy atom. The lowest BCUT2D eigenvalue weighted by Crippen LogP contribution is -2.40. The fourth-order valence-corrected chi connectivity index (χ4v) is 3.26. The van der Waals surface area contributed by atoms with Gasteiger partial charge in [-0.1, -0.05) is 29.3 Å². The molecule has 18 heavy (non-hydrogen) atoms. The van der Waals surface area contributed by atoms with E-state index in [0.29, 0.717) is 13.2 Å². The fourth-order valence-electron chi connectivity index (χ4n) is 2.53. The summed E-state index contributed by atoms with van der Waals surface area (Å²) in [5, 5.41) is 0.950. The quantitative estimate of drug-likeness (QED) is 0.528. The van der Waals surface area contributed by atoms with E-state index in [4.69, 9.17) is 9.47 Å². The van der Waals surface area contributed by atoms with E-state index in [-0.39, 0.29) is 11.2 Å². The zero-order valence-electron chi connectivity index (χ0n) is 12.4. The highest BCUT2D eigenvalue weighted by atomic mass is 79.9. The van der Waals surface area contributed by atoms with Gasteiger partial charge in [0.05, 0.1) is 24.4 Å². The van der Waals surface area contributed by atoms with Crippen LogP contribution in [0.3, 0.4) is 0 Å². The number of halogens is 1. The Hall–Kier alpha value is 0.400. The minimum Gasteiger partial charge on any atom is -0.373 e. The van der Waals surface area contributed by atoms with Gasteiger partial charge < -0.3 is 9.47 Å². The molecule has 0 aromatic heterocycles. The van der Waals surface area contributed by atoms with Crippen LogP contribution in [0.25, 0.3) is 0 Å². The summed E-state index contributed by atoms with van der Waals surface area (Å²) in [6.07, 6.45) is 6.30. The minimum absolute atomic E-state index is 0.0624. The molecule has 0 amide bonds. The zero-order chi connectivity index (χ0) is 13.6. The van der Waals surface area contributed by atoms with Gasteiger partial charge in [-0.05, 0) is 52.4 Å². The maximum atomic E-state index is 6.14. The monoisotopic (exact) mass is 320 g/mol. The normalized spacial score (nSPS) is 29.5. The first-order valence-corrected chi connectivity index (χ1v) is 8.37. The number of hydrogen-bond acceptors (Lipinski definition) is 2. The van der Waals surface area contributed by atoms with Gasteiger partial charge in [0, 0.05) is 5.33 Å². The molecule has 0 N–H and O–H groups in total. The van der Waals surface area contributed by atoms with Crippen molar-refractivity contribution in [1.82, 2.24) is 0 Å².